The lowest BCUT2D eigenvalue weighted by molar-refractivity contribution is -0.116. The second-order valence-corrected chi connectivity index (χ2v) is 4.91. The zero-order chi connectivity index (χ0) is 15.9. The molecule has 5 heteroatoms. The van der Waals surface area contributed by atoms with Crippen LogP contribution in [0.5, 0.6) is 5.75 Å². The van der Waals surface area contributed by atoms with Crippen LogP contribution in [-0.2, 0) is 11.3 Å². The molecule has 2 rings (SSSR count). The molecule has 2 aromatic rings. The van der Waals surface area contributed by atoms with Crippen LogP contribution in [0.25, 0.3) is 6.08 Å². The average molecular weight is 320 g/mol. The van der Waals surface area contributed by atoms with Crippen LogP contribution in [-0.4, -0.2) is 13.0 Å². The molecule has 1 amide bonds. The summed E-state index contributed by atoms with van der Waals surface area (Å²) in [5.74, 6) is -0.115. The summed E-state index contributed by atoms with van der Waals surface area (Å²) in [5.41, 5.74) is 1.05. The smallest absolute Gasteiger partial charge is 0.244 e. The maximum atomic E-state index is 13.6. The Morgan fingerprint density at radius 2 is 2.05 bits per heavy atom. The SMILES string of the molecule is COc1ccccc1CNC(=O)/C=C/c1c(F)cccc1Cl. The van der Waals surface area contributed by atoms with Gasteiger partial charge in [0, 0.05) is 23.7 Å². The van der Waals surface area contributed by atoms with Crippen LogP contribution in [0.4, 0.5) is 4.39 Å². The van der Waals surface area contributed by atoms with Crippen molar-refractivity contribution in [3.63, 3.8) is 0 Å². The molecule has 3 nitrogen and oxygen atoms in total. The first kappa shape index (κ1) is 16.0. The minimum absolute atomic E-state index is 0.191. The lowest BCUT2D eigenvalue weighted by atomic mass is 10.2. The number of nitrogens with one attached hydrogen (secondary N) is 1. The number of carbonyl (C=O) groups excluding carboxylic acids is 1. The minimum Gasteiger partial charge on any atom is -0.496 e. The fraction of sp³-hybridized carbons (Fsp3) is 0.118. The summed E-state index contributed by atoms with van der Waals surface area (Å²) < 4.78 is 18.8. The van der Waals surface area contributed by atoms with Gasteiger partial charge in [-0.2, -0.15) is 0 Å². The van der Waals surface area contributed by atoms with Crippen molar-refractivity contribution in [3.8, 4) is 5.75 Å². The van der Waals surface area contributed by atoms with Gasteiger partial charge in [-0.1, -0.05) is 35.9 Å². The van der Waals surface area contributed by atoms with E-state index in [0.717, 1.165) is 5.56 Å². The first-order valence-electron chi connectivity index (χ1n) is 6.63. The number of benzene rings is 2. The standard InChI is InChI=1S/C17H15ClFNO2/c1-22-16-8-3-2-5-12(16)11-20-17(21)10-9-13-14(18)6-4-7-15(13)19/h2-10H,11H2,1H3,(H,20,21)/b10-9+. The van der Waals surface area contributed by atoms with Gasteiger partial charge in [0.1, 0.15) is 11.6 Å². The molecule has 0 aliphatic rings. The number of amides is 1. The summed E-state index contributed by atoms with van der Waals surface area (Å²) in [5, 5.41) is 2.97. The molecule has 0 fully saturated rings. The number of hydrogen-bond donors (Lipinski definition) is 1. The van der Waals surface area contributed by atoms with Crippen molar-refractivity contribution in [2.24, 2.45) is 0 Å². The normalized spacial score (nSPS) is 10.7. The molecule has 0 heterocycles. The van der Waals surface area contributed by atoms with E-state index in [2.05, 4.69) is 5.32 Å². The van der Waals surface area contributed by atoms with Gasteiger partial charge >= 0.3 is 0 Å². The highest BCUT2D eigenvalue weighted by atomic mass is 35.5. The second kappa shape index (κ2) is 7.61. The fourth-order valence-electron chi connectivity index (χ4n) is 1.92. The minimum atomic E-state index is -0.471. The van der Waals surface area contributed by atoms with Crippen molar-refractivity contribution >= 4 is 23.6 Å². The molecule has 0 bridgehead atoms. The average Bonchev–Trinajstić information content (AvgIpc) is 2.52. The number of rotatable bonds is 5. The van der Waals surface area contributed by atoms with Crippen molar-refractivity contribution in [2.75, 3.05) is 7.11 Å². The first-order chi connectivity index (χ1) is 10.6. The van der Waals surface area contributed by atoms with Gasteiger partial charge in [-0.25, -0.2) is 4.39 Å². The zero-order valence-electron chi connectivity index (χ0n) is 12.0. The number of para-hydroxylation sites is 1. The molecule has 22 heavy (non-hydrogen) atoms. The Bertz CT molecular complexity index is 681. The molecular weight excluding hydrogens is 305 g/mol. The molecule has 0 radical (unpaired) electrons. The number of hydrogen-bond acceptors (Lipinski definition) is 2. The molecule has 0 atom stereocenters. The summed E-state index contributed by atoms with van der Waals surface area (Å²) in [7, 11) is 1.57. The number of ether oxygens (including phenoxy) is 1. The lowest BCUT2D eigenvalue weighted by Crippen LogP contribution is -2.20. The van der Waals surface area contributed by atoms with Crippen LogP contribution in [0, 0.1) is 5.82 Å². The van der Waals surface area contributed by atoms with Crippen LogP contribution in [0.3, 0.4) is 0 Å². The fourth-order valence-corrected chi connectivity index (χ4v) is 2.15. The third-order valence-corrected chi connectivity index (χ3v) is 3.38. The highest BCUT2D eigenvalue weighted by Crippen LogP contribution is 2.20. The Morgan fingerprint density at radius 3 is 2.77 bits per heavy atom. The molecule has 0 saturated carbocycles. The third-order valence-electron chi connectivity index (χ3n) is 3.05. The van der Waals surface area contributed by atoms with Gasteiger partial charge < -0.3 is 10.1 Å². The molecule has 0 unspecified atom stereocenters. The molecule has 0 spiro atoms. The third kappa shape index (κ3) is 4.09. The topological polar surface area (TPSA) is 38.3 Å². The highest BCUT2D eigenvalue weighted by Gasteiger charge is 2.05. The number of carbonyl (C=O) groups is 1. The van der Waals surface area contributed by atoms with E-state index in [-0.39, 0.29) is 16.5 Å². The summed E-state index contributed by atoms with van der Waals surface area (Å²) >= 11 is 5.89. The van der Waals surface area contributed by atoms with Crippen molar-refractivity contribution < 1.29 is 13.9 Å². The summed E-state index contributed by atoms with van der Waals surface area (Å²) in [6.07, 6.45) is 2.61. The van der Waals surface area contributed by atoms with Gasteiger partial charge in [0.25, 0.3) is 0 Å². The number of methoxy groups -OCH3 is 1. The van der Waals surface area contributed by atoms with E-state index in [1.165, 1.54) is 24.3 Å². The Labute approximate surface area is 133 Å². The van der Waals surface area contributed by atoms with Crippen LogP contribution in [0.2, 0.25) is 5.02 Å². The van der Waals surface area contributed by atoms with Crippen molar-refractivity contribution in [1.29, 1.82) is 0 Å². The van der Waals surface area contributed by atoms with Gasteiger partial charge in [-0.05, 0) is 24.3 Å². The number of halogens is 2. The largest absolute Gasteiger partial charge is 0.496 e. The second-order valence-electron chi connectivity index (χ2n) is 4.50. The van der Waals surface area contributed by atoms with E-state index in [1.807, 2.05) is 24.3 Å². The zero-order valence-corrected chi connectivity index (χ0v) is 12.7. The van der Waals surface area contributed by atoms with Gasteiger partial charge in [0.15, 0.2) is 0 Å². The Kier molecular flexibility index (Phi) is 5.55. The summed E-state index contributed by atoms with van der Waals surface area (Å²) in [6, 6.07) is 11.8. The predicted octanol–water partition coefficient (Wildman–Crippen LogP) is 3.82. The van der Waals surface area contributed by atoms with Gasteiger partial charge in [0.2, 0.25) is 5.91 Å². The van der Waals surface area contributed by atoms with E-state index < -0.39 is 5.82 Å². The molecule has 0 aliphatic heterocycles. The van der Waals surface area contributed by atoms with E-state index in [1.54, 1.807) is 13.2 Å². The van der Waals surface area contributed by atoms with E-state index in [0.29, 0.717) is 12.3 Å². The molecule has 114 valence electrons. The van der Waals surface area contributed by atoms with Gasteiger partial charge in [0.05, 0.1) is 12.1 Å². The monoisotopic (exact) mass is 319 g/mol. The lowest BCUT2D eigenvalue weighted by Gasteiger charge is -2.08. The van der Waals surface area contributed by atoms with Crippen LogP contribution < -0.4 is 10.1 Å². The quantitative estimate of drug-likeness (QED) is 0.851. The molecule has 2 aromatic carbocycles. The van der Waals surface area contributed by atoms with Gasteiger partial charge in [-0.15, -0.1) is 0 Å². The first-order valence-corrected chi connectivity index (χ1v) is 7.01. The van der Waals surface area contributed by atoms with Crippen LogP contribution in [0.1, 0.15) is 11.1 Å². The summed E-state index contributed by atoms with van der Waals surface area (Å²) in [4.78, 5) is 11.8. The Hall–Kier alpha value is -2.33. The van der Waals surface area contributed by atoms with Crippen LogP contribution in [0.15, 0.2) is 48.5 Å². The maximum absolute atomic E-state index is 13.6. The van der Waals surface area contributed by atoms with E-state index in [9.17, 15) is 9.18 Å². The molecule has 0 aromatic heterocycles. The predicted molar refractivity (Wildman–Crippen MR) is 85.3 cm³/mol. The van der Waals surface area contributed by atoms with E-state index in [4.69, 9.17) is 16.3 Å². The van der Waals surface area contributed by atoms with Crippen molar-refractivity contribution in [1.82, 2.24) is 5.32 Å². The highest BCUT2D eigenvalue weighted by molar-refractivity contribution is 6.32. The molecule has 0 saturated heterocycles. The van der Waals surface area contributed by atoms with Crippen LogP contribution >= 0.6 is 11.6 Å². The molecule has 1 N–H and O–H groups in total. The Balaban J connectivity index is 2.00. The van der Waals surface area contributed by atoms with Crippen molar-refractivity contribution in [3.05, 3.63) is 70.5 Å². The maximum Gasteiger partial charge on any atom is 0.244 e. The summed E-state index contributed by atoms with van der Waals surface area (Å²) in [6.45, 7) is 0.318. The molecule has 0 aliphatic carbocycles. The van der Waals surface area contributed by atoms with Crippen molar-refractivity contribution in [2.45, 2.75) is 6.54 Å². The Morgan fingerprint density at radius 1 is 1.27 bits per heavy atom. The molecular formula is C17H15ClFNO2. The van der Waals surface area contributed by atoms with E-state index >= 15 is 0 Å². The van der Waals surface area contributed by atoms with Gasteiger partial charge in [-0.3, -0.25) is 4.79 Å².